The molecule has 0 bridgehead atoms. The summed E-state index contributed by atoms with van der Waals surface area (Å²) in [6.07, 6.45) is 0. The molecule has 91 heavy (non-hydrogen) atoms. The molecule has 430 valence electrons. The van der Waals surface area contributed by atoms with E-state index in [1.54, 1.807) is 0 Å². The fraction of sp³-hybridized carbons (Fsp3) is 0.0471. The van der Waals surface area contributed by atoms with Crippen LogP contribution in [0.2, 0.25) is 0 Å². The Kier molecular flexibility index (Phi) is 12.7. The Morgan fingerprint density at radius 2 is 0.549 bits per heavy atom. The molecule has 0 fully saturated rings. The van der Waals surface area contributed by atoms with Gasteiger partial charge in [0.25, 0.3) is 0 Å². The molecule has 17 rings (SSSR count). The van der Waals surface area contributed by atoms with E-state index in [0.717, 1.165) is 89.1 Å². The highest BCUT2D eigenvalue weighted by Gasteiger charge is 2.26. The largest absolute Gasteiger partial charge is 0.309 e. The molecule has 4 aromatic heterocycles. The first-order valence-electron chi connectivity index (χ1n) is 31.2. The number of aromatic nitrogens is 6. The molecule has 0 saturated carbocycles. The molecule has 0 N–H and O–H groups in total. The van der Waals surface area contributed by atoms with Gasteiger partial charge in [-0.25, -0.2) is 15.0 Å². The van der Waals surface area contributed by atoms with Crippen molar-refractivity contribution in [2.75, 3.05) is 0 Å². The summed E-state index contributed by atoms with van der Waals surface area (Å²) in [5.74, 6) is 1.78. The number of hydrogen-bond donors (Lipinski definition) is 0. The highest BCUT2D eigenvalue weighted by atomic mass is 15.0. The Labute approximate surface area is 527 Å². The van der Waals surface area contributed by atoms with E-state index in [2.05, 4.69) is 296 Å². The smallest absolute Gasteiger partial charge is 0.164 e. The average molecular weight is 1170 g/mol. The number of fused-ring (bicyclic) bond motifs is 9. The summed E-state index contributed by atoms with van der Waals surface area (Å²) in [7, 11) is 0. The van der Waals surface area contributed by atoms with Gasteiger partial charge in [0.05, 0.1) is 38.8 Å². The Bertz CT molecular complexity index is 5280. The van der Waals surface area contributed by atoms with Gasteiger partial charge in [-0.2, -0.15) is 0 Å². The SMILES string of the molecule is Cc1ccc(-c2ccc3c(c2)c2cc(-c4ccc(C)cc4C)ccc2n3-c2c(-c3ccc(-n4c5ccccc5c5ccccc54)cc3)cc(-c3nc(-c4ccccc4)nc(-c4ccccc4)n3)cc2-c2ccc(-n3c4ccccc4c4ccccc43)cc2)c(C)c1. The molecule has 13 aromatic carbocycles. The van der Waals surface area contributed by atoms with Gasteiger partial charge in [-0.05, 0) is 157 Å². The molecule has 0 aliphatic carbocycles. The molecule has 0 aliphatic rings. The molecular weight excluding hydrogens is 1100 g/mol. The molecule has 0 amide bonds. The van der Waals surface area contributed by atoms with Crippen molar-refractivity contribution in [2.24, 2.45) is 0 Å². The van der Waals surface area contributed by atoms with Crippen molar-refractivity contribution in [3.63, 3.8) is 0 Å². The minimum absolute atomic E-state index is 0.573. The molecule has 6 heteroatoms. The van der Waals surface area contributed by atoms with Crippen molar-refractivity contribution in [2.45, 2.75) is 27.7 Å². The van der Waals surface area contributed by atoms with Crippen LogP contribution in [0.4, 0.5) is 0 Å². The first kappa shape index (κ1) is 53.5. The van der Waals surface area contributed by atoms with Crippen LogP contribution >= 0.6 is 0 Å². The molecule has 17 aromatic rings. The first-order valence-corrected chi connectivity index (χ1v) is 31.2. The van der Waals surface area contributed by atoms with E-state index in [1.807, 2.05) is 36.4 Å². The second-order valence-corrected chi connectivity index (χ2v) is 24.2. The monoisotopic (exact) mass is 1160 g/mol. The summed E-state index contributed by atoms with van der Waals surface area (Å²) in [6, 6.07) is 106. The van der Waals surface area contributed by atoms with Crippen LogP contribution in [0.15, 0.2) is 291 Å². The molecule has 0 atom stereocenters. The Morgan fingerprint density at radius 1 is 0.220 bits per heavy atom. The van der Waals surface area contributed by atoms with E-state index < -0.39 is 0 Å². The quantitative estimate of drug-likeness (QED) is 0.137. The minimum atomic E-state index is 0.573. The summed E-state index contributed by atoms with van der Waals surface area (Å²) >= 11 is 0. The van der Waals surface area contributed by atoms with E-state index >= 15 is 0 Å². The van der Waals surface area contributed by atoms with Crippen LogP contribution in [0.3, 0.4) is 0 Å². The number of nitrogens with zero attached hydrogens (tertiary/aromatic N) is 6. The fourth-order valence-electron chi connectivity index (χ4n) is 14.2. The lowest BCUT2D eigenvalue weighted by atomic mass is 9.92. The van der Waals surface area contributed by atoms with E-state index in [4.69, 9.17) is 15.0 Å². The van der Waals surface area contributed by atoms with Gasteiger partial charge >= 0.3 is 0 Å². The number of aryl methyl sites for hydroxylation is 4. The summed E-state index contributed by atoms with van der Waals surface area (Å²) in [6.45, 7) is 8.80. The number of benzene rings is 13. The van der Waals surface area contributed by atoms with Crippen molar-refractivity contribution < 1.29 is 0 Å². The second kappa shape index (κ2) is 21.5. The molecule has 0 spiro atoms. The lowest BCUT2D eigenvalue weighted by molar-refractivity contribution is 1.07. The van der Waals surface area contributed by atoms with Gasteiger partial charge in [0.15, 0.2) is 17.5 Å². The van der Waals surface area contributed by atoms with Gasteiger partial charge in [0, 0.05) is 71.5 Å². The van der Waals surface area contributed by atoms with E-state index in [-0.39, 0.29) is 0 Å². The van der Waals surface area contributed by atoms with E-state index in [0.29, 0.717) is 17.5 Å². The van der Waals surface area contributed by atoms with Crippen LogP contribution in [0.25, 0.3) is 161 Å². The summed E-state index contributed by atoms with van der Waals surface area (Å²) in [5.41, 5.74) is 26.6. The lowest BCUT2D eigenvalue weighted by Gasteiger charge is -2.22. The van der Waals surface area contributed by atoms with Crippen LogP contribution in [-0.2, 0) is 0 Å². The topological polar surface area (TPSA) is 53.5 Å². The summed E-state index contributed by atoms with van der Waals surface area (Å²) in [4.78, 5) is 16.1. The molecule has 0 unspecified atom stereocenters. The van der Waals surface area contributed by atoms with Crippen LogP contribution in [-0.4, -0.2) is 28.7 Å². The highest BCUT2D eigenvalue weighted by molar-refractivity contribution is 6.14. The maximum absolute atomic E-state index is 5.44. The van der Waals surface area contributed by atoms with Gasteiger partial charge in [-0.1, -0.05) is 217 Å². The zero-order valence-corrected chi connectivity index (χ0v) is 50.9. The Balaban J connectivity index is 0.980. The Hall–Kier alpha value is -11.7. The minimum Gasteiger partial charge on any atom is -0.309 e. The molecule has 4 heterocycles. The third kappa shape index (κ3) is 9.05. The standard InChI is InChI=1S/C85H60N6/c1-53-31-43-66(55(3)47-53)61-37-45-80-74(49-61)75-50-62(67-44-32-54(2)48-56(67)4)38-46-81(75)91(80)82-72(57-33-39-64(40-34-57)89-76-27-15-11-23-68(76)69-24-12-16-28-77(69)89)51-63(85-87-83(59-19-7-5-8-20-59)86-84(88-85)60-21-9-6-10-22-60)52-73(82)58-35-41-65(42-36-58)90-78-29-17-13-25-70(78)71-26-14-18-30-79(71)90/h5-52H,1-4H3. The van der Waals surface area contributed by atoms with E-state index in [1.165, 1.54) is 76.8 Å². The lowest BCUT2D eigenvalue weighted by Crippen LogP contribution is -2.04. The number of para-hydroxylation sites is 4. The number of rotatable bonds is 10. The van der Waals surface area contributed by atoms with Gasteiger partial charge < -0.3 is 13.7 Å². The molecule has 0 radical (unpaired) electrons. The molecule has 6 nitrogen and oxygen atoms in total. The summed E-state index contributed by atoms with van der Waals surface area (Å²) in [5, 5.41) is 7.23. The molecule has 0 saturated heterocycles. The van der Waals surface area contributed by atoms with Gasteiger partial charge in [-0.3, -0.25) is 0 Å². The predicted octanol–water partition coefficient (Wildman–Crippen LogP) is 22.1. The third-order valence-electron chi connectivity index (χ3n) is 18.5. The number of hydrogen-bond acceptors (Lipinski definition) is 3. The highest BCUT2D eigenvalue weighted by Crippen LogP contribution is 2.47. The van der Waals surface area contributed by atoms with E-state index in [9.17, 15) is 0 Å². The fourth-order valence-corrected chi connectivity index (χ4v) is 14.2. The van der Waals surface area contributed by atoms with Gasteiger partial charge in [0.1, 0.15) is 0 Å². The second-order valence-electron chi connectivity index (χ2n) is 24.2. The predicted molar refractivity (Wildman–Crippen MR) is 380 cm³/mol. The van der Waals surface area contributed by atoms with Crippen LogP contribution < -0.4 is 0 Å². The zero-order valence-electron chi connectivity index (χ0n) is 50.9. The van der Waals surface area contributed by atoms with Gasteiger partial charge in [-0.15, -0.1) is 0 Å². The Morgan fingerprint density at radius 3 is 0.923 bits per heavy atom. The van der Waals surface area contributed by atoms with Crippen molar-refractivity contribution in [1.82, 2.24) is 28.7 Å². The van der Waals surface area contributed by atoms with Crippen molar-refractivity contribution >= 4 is 65.4 Å². The maximum Gasteiger partial charge on any atom is 0.164 e. The molecule has 0 aliphatic heterocycles. The van der Waals surface area contributed by atoms with Crippen LogP contribution in [0.1, 0.15) is 22.3 Å². The zero-order chi connectivity index (χ0) is 60.8. The summed E-state index contributed by atoms with van der Waals surface area (Å²) < 4.78 is 7.33. The maximum atomic E-state index is 5.44. The van der Waals surface area contributed by atoms with Crippen molar-refractivity contribution in [1.29, 1.82) is 0 Å². The van der Waals surface area contributed by atoms with Crippen LogP contribution in [0, 0.1) is 27.7 Å². The third-order valence-corrected chi connectivity index (χ3v) is 18.5. The molecular formula is C85H60N6. The average Bonchev–Trinajstić information content (AvgIpc) is 1.64. The van der Waals surface area contributed by atoms with Crippen molar-refractivity contribution in [3.05, 3.63) is 313 Å². The first-order chi connectivity index (χ1) is 44.8. The van der Waals surface area contributed by atoms with Crippen molar-refractivity contribution in [3.8, 4) is 95.7 Å². The van der Waals surface area contributed by atoms with Crippen LogP contribution in [0.5, 0.6) is 0 Å². The van der Waals surface area contributed by atoms with Gasteiger partial charge in [0.2, 0.25) is 0 Å². The normalized spacial score (nSPS) is 11.7.